The smallest absolute Gasteiger partial charge is 0.326 e. The van der Waals surface area contributed by atoms with E-state index in [2.05, 4.69) is 31.8 Å². The summed E-state index contributed by atoms with van der Waals surface area (Å²) in [4.78, 5) is 25.5. The number of amides is 1. The van der Waals surface area contributed by atoms with Crippen molar-refractivity contribution in [1.29, 1.82) is 0 Å². The molecule has 0 aromatic carbocycles. The Balaban J connectivity index is 4.75. The van der Waals surface area contributed by atoms with Gasteiger partial charge in [-0.1, -0.05) is 27.2 Å². The Bertz CT molecular complexity index is 426. The number of carbonyl (C=O) groups excluding carboxylic acids is 1. The highest BCUT2D eigenvalue weighted by Crippen LogP contribution is 2.16. The molecule has 4 atom stereocenters. The van der Waals surface area contributed by atoms with Crippen molar-refractivity contribution in [1.82, 2.24) is 10.2 Å². The first-order valence-corrected chi connectivity index (χ1v) is 10.7. The molecule has 0 heterocycles. The first kappa shape index (κ1) is 26.2. The number of carboxylic acids is 1. The number of carbonyl (C=O) groups is 2. The molecule has 8 heteroatoms. The third kappa shape index (κ3) is 10.3. The van der Waals surface area contributed by atoms with Gasteiger partial charge in [0.15, 0.2) is 0 Å². The van der Waals surface area contributed by atoms with Crippen LogP contribution in [0.2, 0.25) is 0 Å². The summed E-state index contributed by atoms with van der Waals surface area (Å²) in [5.41, 5.74) is 5.93. The summed E-state index contributed by atoms with van der Waals surface area (Å²) in [6.45, 7) is 7.04. The Morgan fingerprint density at radius 2 is 1.93 bits per heavy atom. The number of hydrogen-bond donors (Lipinski definition) is 5. The van der Waals surface area contributed by atoms with E-state index in [-0.39, 0.29) is 31.0 Å². The summed E-state index contributed by atoms with van der Waals surface area (Å²) >= 11 is 4.20. The molecule has 0 rings (SSSR count). The molecule has 0 unspecified atom stereocenters. The predicted molar refractivity (Wildman–Crippen MR) is 112 cm³/mol. The fraction of sp³-hybridized carbons (Fsp3) is 0.895. The molecule has 0 aromatic rings. The zero-order valence-electron chi connectivity index (χ0n) is 17.1. The van der Waals surface area contributed by atoms with E-state index in [1.54, 1.807) is 0 Å². The molecular weight excluding hydrogens is 366 g/mol. The highest BCUT2D eigenvalue weighted by Gasteiger charge is 2.28. The summed E-state index contributed by atoms with van der Waals surface area (Å²) in [5, 5.41) is 22.0. The molecule has 0 saturated carbocycles. The van der Waals surface area contributed by atoms with Crippen LogP contribution in [-0.4, -0.2) is 70.6 Å². The van der Waals surface area contributed by atoms with E-state index >= 15 is 0 Å². The molecule has 0 radical (unpaired) electrons. The van der Waals surface area contributed by atoms with Crippen molar-refractivity contribution in [3.8, 4) is 0 Å². The molecule has 0 saturated heterocycles. The lowest BCUT2D eigenvalue weighted by molar-refractivity contribution is -0.151. The normalized spacial score (nSPS) is 15.8. The van der Waals surface area contributed by atoms with Crippen LogP contribution < -0.4 is 11.1 Å². The monoisotopic (exact) mass is 405 g/mol. The number of nitrogens with zero attached hydrogens (tertiary/aromatic N) is 1. The lowest BCUT2D eigenvalue weighted by atomic mass is 9.94. The van der Waals surface area contributed by atoms with E-state index in [1.165, 1.54) is 4.90 Å². The van der Waals surface area contributed by atoms with Crippen LogP contribution in [0.1, 0.15) is 59.3 Å². The van der Waals surface area contributed by atoms with Gasteiger partial charge in [0.05, 0.1) is 0 Å². The van der Waals surface area contributed by atoms with Gasteiger partial charge >= 0.3 is 5.97 Å². The number of nitrogens with two attached hydrogens (primary N) is 1. The van der Waals surface area contributed by atoms with E-state index in [1.807, 2.05) is 6.92 Å². The summed E-state index contributed by atoms with van der Waals surface area (Å²) in [7, 11) is 0. The van der Waals surface area contributed by atoms with Crippen LogP contribution in [0, 0.1) is 5.92 Å². The molecule has 0 aliphatic rings. The van der Waals surface area contributed by atoms with Crippen LogP contribution >= 0.6 is 12.6 Å². The minimum absolute atomic E-state index is 0.00336. The molecule has 0 spiro atoms. The molecular formula is C19H39N3O4S. The maximum absolute atomic E-state index is 12.6. The molecule has 5 N–H and O–H groups in total. The molecule has 27 heavy (non-hydrogen) atoms. The molecule has 0 fully saturated rings. The number of nitrogens with one attached hydrogen (secondary N) is 1. The summed E-state index contributed by atoms with van der Waals surface area (Å²) < 4.78 is 0. The largest absolute Gasteiger partial charge is 0.480 e. The van der Waals surface area contributed by atoms with E-state index in [9.17, 15) is 14.7 Å². The van der Waals surface area contributed by atoms with Crippen molar-refractivity contribution in [3.05, 3.63) is 0 Å². The van der Waals surface area contributed by atoms with Crippen LogP contribution in [0.25, 0.3) is 0 Å². The fourth-order valence-corrected chi connectivity index (χ4v) is 3.22. The number of aliphatic hydroxyl groups excluding tert-OH is 1. The quantitative estimate of drug-likeness (QED) is 0.249. The van der Waals surface area contributed by atoms with Crippen LogP contribution in [0.5, 0.6) is 0 Å². The summed E-state index contributed by atoms with van der Waals surface area (Å²) in [6, 6.07) is -0.697. The minimum atomic E-state index is -1.06. The van der Waals surface area contributed by atoms with Gasteiger partial charge < -0.3 is 26.2 Å². The van der Waals surface area contributed by atoms with Gasteiger partial charge in [0.1, 0.15) is 6.04 Å². The highest BCUT2D eigenvalue weighted by atomic mass is 32.1. The second-order valence-corrected chi connectivity index (χ2v) is 7.55. The molecule has 0 aromatic heterocycles. The topological polar surface area (TPSA) is 116 Å². The number of aliphatic hydroxyl groups is 1. The standard InChI is InChI=1S/C19H39N3O4S/c1-4-10-22(17(9-11-23)19(25)26)18(24)8-6-7-16(14(3)5-2)21-12-15(20)13-27/h14-17,21,23,27H,4-13,20H2,1-3H3,(H,25,26)/t14-,15+,16-,17+/m0/s1. The fourth-order valence-electron chi connectivity index (χ4n) is 3.09. The second kappa shape index (κ2) is 15.1. The molecule has 0 aliphatic heterocycles. The van der Waals surface area contributed by atoms with Crippen LogP contribution in [-0.2, 0) is 9.59 Å². The van der Waals surface area contributed by atoms with Crippen molar-refractivity contribution >= 4 is 24.5 Å². The minimum Gasteiger partial charge on any atom is -0.480 e. The van der Waals surface area contributed by atoms with Crippen molar-refractivity contribution in [3.63, 3.8) is 0 Å². The Morgan fingerprint density at radius 3 is 2.41 bits per heavy atom. The maximum atomic E-state index is 12.6. The molecule has 160 valence electrons. The predicted octanol–water partition coefficient (Wildman–Crippen LogP) is 1.49. The van der Waals surface area contributed by atoms with Gasteiger partial charge in [0, 0.05) is 50.4 Å². The zero-order valence-corrected chi connectivity index (χ0v) is 18.0. The first-order valence-electron chi connectivity index (χ1n) is 10.0. The number of carboxylic acid groups (broad SMARTS) is 1. The number of thiol groups is 1. The average molecular weight is 406 g/mol. The number of rotatable bonds is 16. The Labute approximate surface area is 169 Å². The van der Waals surface area contributed by atoms with Gasteiger partial charge in [0.25, 0.3) is 0 Å². The maximum Gasteiger partial charge on any atom is 0.326 e. The van der Waals surface area contributed by atoms with E-state index in [0.29, 0.717) is 44.0 Å². The van der Waals surface area contributed by atoms with Gasteiger partial charge in [-0.3, -0.25) is 4.79 Å². The van der Waals surface area contributed by atoms with Crippen molar-refractivity contribution in [2.45, 2.75) is 77.4 Å². The van der Waals surface area contributed by atoms with Crippen molar-refractivity contribution < 1.29 is 19.8 Å². The lowest BCUT2D eigenvalue weighted by Gasteiger charge is -2.29. The second-order valence-electron chi connectivity index (χ2n) is 7.19. The zero-order chi connectivity index (χ0) is 20.8. The number of hydrogen-bond acceptors (Lipinski definition) is 6. The third-order valence-electron chi connectivity index (χ3n) is 4.96. The molecule has 1 amide bonds. The van der Waals surface area contributed by atoms with E-state index < -0.39 is 12.0 Å². The van der Waals surface area contributed by atoms with Gasteiger partial charge in [-0.05, 0) is 25.2 Å². The molecule has 7 nitrogen and oxygen atoms in total. The Kier molecular flexibility index (Phi) is 14.7. The third-order valence-corrected chi connectivity index (χ3v) is 5.43. The lowest BCUT2D eigenvalue weighted by Crippen LogP contribution is -2.46. The van der Waals surface area contributed by atoms with Crippen LogP contribution in [0.15, 0.2) is 0 Å². The molecule has 0 bridgehead atoms. The van der Waals surface area contributed by atoms with Gasteiger partial charge in [-0.25, -0.2) is 4.79 Å². The SMILES string of the molecule is CCCN(C(=O)CCC[C@H](NC[C@@H](N)CS)[C@@H](C)CC)[C@H](CCO)C(=O)O. The van der Waals surface area contributed by atoms with Crippen molar-refractivity contribution in [2.24, 2.45) is 11.7 Å². The first-order chi connectivity index (χ1) is 12.8. The van der Waals surface area contributed by atoms with Crippen LogP contribution in [0.4, 0.5) is 0 Å². The highest BCUT2D eigenvalue weighted by molar-refractivity contribution is 7.80. The van der Waals surface area contributed by atoms with Crippen LogP contribution in [0.3, 0.4) is 0 Å². The number of aliphatic carboxylic acids is 1. The van der Waals surface area contributed by atoms with E-state index in [0.717, 1.165) is 12.8 Å². The molecule has 0 aliphatic carbocycles. The Hall–Kier alpha value is -0.830. The van der Waals surface area contributed by atoms with Gasteiger partial charge in [-0.2, -0.15) is 12.6 Å². The van der Waals surface area contributed by atoms with Crippen molar-refractivity contribution in [2.75, 3.05) is 25.4 Å². The van der Waals surface area contributed by atoms with Gasteiger partial charge in [-0.15, -0.1) is 0 Å². The average Bonchev–Trinajstić information content (AvgIpc) is 2.65. The van der Waals surface area contributed by atoms with Gasteiger partial charge in [0.2, 0.25) is 5.91 Å². The summed E-state index contributed by atoms with van der Waals surface area (Å²) in [6.07, 6.45) is 3.59. The van der Waals surface area contributed by atoms with E-state index in [4.69, 9.17) is 10.8 Å². The Morgan fingerprint density at radius 1 is 1.26 bits per heavy atom. The summed E-state index contributed by atoms with van der Waals surface area (Å²) in [5.74, 6) is -0.148.